The average molecular weight is 433 g/mol. The number of carbonyl (C=O) groups is 2. The molecule has 0 aliphatic heterocycles. The Labute approximate surface area is 174 Å². The van der Waals surface area contributed by atoms with Crippen LogP contribution in [0.2, 0.25) is 0 Å². The highest BCUT2D eigenvalue weighted by Gasteiger charge is 2.23. The number of halogens is 2. The molecule has 0 fully saturated rings. The molecule has 1 aromatic heterocycles. The van der Waals surface area contributed by atoms with Crippen LogP contribution in [-0.2, 0) is 11.3 Å². The Morgan fingerprint density at radius 3 is 2.43 bits per heavy atom. The van der Waals surface area contributed by atoms with Crippen LogP contribution in [0.25, 0.3) is 10.4 Å². The molecule has 0 radical (unpaired) electrons. The van der Waals surface area contributed by atoms with Crippen LogP contribution in [-0.4, -0.2) is 28.8 Å². The molecule has 1 heterocycles. The van der Waals surface area contributed by atoms with E-state index in [1.165, 1.54) is 12.1 Å². The van der Waals surface area contributed by atoms with E-state index in [-0.39, 0.29) is 17.2 Å². The van der Waals surface area contributed by atoms with Gasteiger partial charge in [-0.05, 0) is 36.2 Å². The van der Waals surface area contributed by atoms with Crippen molar-refractivity contribution in [2.75, 3.05) is 11.9 Å². The van der Waals surface area contributed by atoms with Crippen LogP contribution in [0, 0.1) is 18.6 Å². The third-order valence-corrected chi connectivity index (χ3v) is 5.48. The molecule has 9 heteroatoms. The number of thiophene rings is 1. The molecule has 0 bridgehead atoms. The fourth-order valence-corrected chi connectivity index (χ4v) is 3.99. The van der Waals surface area contributed by atoms with Crippen LogP contribution in [0.1, 0.15) is 20.8 Å². The van der Waals surface area contributed by atoms with Gasteiger partial charge in [0.25, 0.3) is 0 Å². The number of ether oxygens (including phenoxy) is 1. The van der Waals surface area contributed by atoms with Gasteiger partial charge in [0, 0.05) is 28.7 Å². The second kappa shape index (κ2) is 8.91. The third kappa shape index (κ3) is 4.93. The lowest BCUT2D eigenvalue weighted by molar-refractivity contribution is -0.139. The fourth-order valence-electron chi connectivity index (χ4n) is 2.90. The Morgan fingerprint density at radius 1 is 1.10 bits per heavy atom. The van der Waals surface area contributed by atoms with Crippen molar-refractivity contribution in [3.05, 3.63) is 70.1 Å². The molecular weight excluding hydrogens is 416 g/mol. The summed E-state index contributed by atoms with van der Waals surface area (Å²) in [5.41, 5.74) is 2.34. The van der Waals surface area contributed by atoms with E-state index in [0.717, 1.165) is 28.5 Å². The van der Waals surface area contributed by atoms with Gasteiger partial charge < -0.3 is 20.3 Å². The number of carboxylic acids is 2. The molecule has 2 aromatic carbocycles. The minimum Gasteiger partial charge on any atom is -0.480 e. The van der Waals surface area contributed by atoms with Gasteiger partial charge in [0.05, 0.1) is 0 Å². The van der Waals surface area contributed by atoms with Crippen molar-refractivity contribution in [1.82, 2.24) is 0 Å². The molecule has 0 atom stereocenters. The fraction of sp³-hybridized carbons (Fsp3) is 0.143. The first-order valence-corrected chi connectivity index (χ1v) is 9.57. The van der Waals surface area contributed by atoms with E-state index in [1.807, 2.05) is 12.1 Å². The maximum absolute atomic E-state index is 13.3. The van der Waals surface area contributed by atoms with Crippen LogP contribution in [0.4, 0.5) is 14.5 Å². The minimum atomic E-state index is -1.21. The first kappa shape index (κ1) is 21.3. The van der Waals surface area contributed by atoms with Crippen LogP contribution in [0.15, 0.2) is 42.5 Å². The van der Waals surface area contributed by atoms with Gasteiger partial charge in [-0.25, -0.2) is 18.4 Å². The molecule has 0 saturated heterocycles. The molecule has 0 amide bonds. The summed E-state index contributed by atoms with van der Waals surface area (Å²) in [4.78, 5) is 22.9. The van der Waals surface area contributed by atoms with Gasteiger partial charge in [-0.15, -0.1) is 11.3 Å². The number of nitrogens with one attached hydrogen (secondary N) is 1. The second-order valence-corrected chi connectivity index (χ2v) is 7.43. The van der Waals surface area contributed by atoms with E-state index in [4.69, 9.17) is 9.84 Å². The van der Waals surface area contributed by atoms with Crippen molar-refractivity contribution < 1.29 is 33.3 Å². The molecule has 0 spiro atoms. The van der Waals surface area contributed by atoms with Gasteiger partial charge in [0.1, 0.15) is 17.4 Å². The molecule has 0 saturated carbocycles. The smallest absolute Gasteiger partial charge is 0.349 e. The first-order valence-electron chi connectivity index (χ1n) is 8.75. The standard InChI is InChI=1S/C21H17F2NO5S/c1-11-18(29-10-17(25)26)20(21(27)28)30-19(11)13-4-2-3-12(5-13)9-24-16-7-14(22)6-15(23)8-16/h2-8,24H,9-10H2,1H3,(H,25,26)(H,27,28). The summed E-state index contributed by atoms with van der Waals surface area (Å²) in [6, 6.07) is 10.3. The van der Waals surface area contributed by atoms with Crippen LogP contribution < -0.4 is 10.1 Å². The predicted octanol–water partition coefficient (Wildman–Crippen LogP) is 4.78. The molecule has 6 nitrogen and oxygen atoms in total. The normalized spacial score (nSPS) is 10.6. The molecule has 3 rings (SSSR count). The zero-order valence-corrected chi connectivity index (χ0v) is 16.6. The van der Waals surface area contributed by atoms with Crippen LogP contribution >= 0.6 is 11.3 Å². The quantitative estimate of drug-likeness (QED) is 0.473. The zero-order chi connectivity index (χ0) is 21.8. The van der Waals surface area contributed by atoms with Crippen molar-refractivity contribution in [2.24, 2.45) is 0 Å². The lowest BCUT2D eigenvalue weighted by Crippen LogP contribution is -2.11. The van der Waals surface area contributed by atoms with Crippen molar-refractivity contribution in [2.45, 2.75) is 13.5 Å². The van der Waals surface area contributed by atoms with Crippen LogP contribution in [0.3, 0.4) is 0 Å². The second-order valence-electron chi connectivity index (χ2n) is 6.41. The first-order chi connectivity index (χ1) is 14.2. The molecule has 30 heavy (non-hydrogen) atoms. The van der Waals surface area contributed by atoms with E-state index >= 15 is 0 Å². The average Bonchev–Trinajstić information content (AvgIpc) is 3.01. The summed E-state index contributed by atoms with van der Waals surface area (Å²) in [6.07, 6.45) is 0. The minimum absolute atomic E-state index is 0.0312. The van der Waals surface area contributed by atoms with Crippen molar-refractivity contribution >= 4 is 29.0 Å². The van der Waals surface area contributed by atoms with Gasteiger partial charge in [-0.2, -0.15) is 0 Å². The van der Waals surface area contributed by atoms with Gasteiger partial charge >= 0.3 is 11.9 Å². The Balaban J connectivity index is 1.87. The van der Waals surface area contributed by atoms with Crippen LogP contribution in [0.5, 0.6) is 5.75 Å². The zero-order valence-electron chi connectivity index (χ0n) is 15.7. The van der Waals surface area contributed by atoms with Gasteiger partial charge in [0.2, 0.25) is 0 Å². The number of anilines is 1. The van der Waals surface area contributed by atoms with E-state index in [9.17, 15) is 23.5 Å². The highest BCUT2D eigenvalue weighted by atomic mass is 32.1. The largest absolute Gasteiger partial charge is 0.480 e. The third-order valence-electron chi connectivity index (χ3n) is 4.17. The summed E-state index contributed by atoms with van der Waals surface area (Å²) in [6.45, 7) is 1.30. The predicted molar refractivity (Wildman–Crippen MR) is 108 cm³/mol. The summed E-state index contributed by atoms with van der Waals surface area (Å²) in [7, 11) is 0. The highest BCUT2D eigenvalue weighted by Crippen LogP contribution is 2.41. The topological polar surface area (TPSA) is 95.9 Å². The molecule has 0 aliphatic carbocycles. The van der Waals surface area contributed by atoms with Crippen molar-refractivity contribution in [1.29, 1.82) is 0 Å². The van der Waals surface area contributed by atoms with Crippen molar-refractivity contribution in [3.63, 3.8) is 0 Å². The van der Waals surface area contributed by atoms with Crippen molar-refractivity contribution in [3.8, 4) is 16.2 Å². The van der Waals surface area contributed by atoms with Gasteiger partial charge in [-0.3, -0.25) is 0 Å². The molecule has 3 N–H and O–H groups in total. The van der Waals surface area contributed by atoms with E-state index in [1.54, 1.807) is 19.1 Å². The number of aromatic carboxylic acids is 1. The Bertz CT molecular complexity index is 1090. The summed E-state index contributed by atoms with van der Waals surface area (Å²) in [5, 5.41) is 21.2. The Morgan fingerprint density at radius 2 is 1.80 bits per heavy atom. The van der Waals surface area contributed by atoms with Gasteiger partial charge in [0.15, 0.2) is 11.5 Å². The molecule has 3 aromatic rings. The number of carboxylic acid groups (broad SMARTS) is 2. The maximum atomic E-state index is 13.3. The number of hydrogen-bond acceptors (Lipinski definition) is 5. The Hall–Kier alpha value is -3.46. The van der Waals surface area contributed by atoms with Gasteiger partial charge in [-0.1, -0.05) is 18.2 Å². The van der Waals surface area contributed by atoms with E-state index in [2.05, 4.69) is 5.32 Å². The summed E-state index contributed by atoms with van der Waals surface area (Å²) in [5.74, 6) is -3.75. The van der Waals surface area contributed by atoms with E-state index in [0.29, 0.717) is 16.1 Å². The lowest BCUT2D eigenvalue weighted by atomic mass is 10.1. The number of benzene rings is 2. The number of aliphatic carboxylic acids is 1. The molecular formula is C21H17F2NO5S. The molecule has 0 aliphatic rings. The number of rotatable bonds is 8. The summed E-state index contributed by atoms with van der Waals surface area (Å²) >= 11 is 0.989. The summed E-state index contributed by atoms with van der Waals surface area (Å²) < 4.78 is 31.9. The lowest BCUT2D eigenvalue weighted by Gasteiger charge is -2.09. The highest BCUT2D eigenvalue weighted by molar-refractivity contribution is 7.18. The maximum Gasteiger partial charge on any atom is 0.349 e. The SMILES string of the molecule is Cc1c(-c2cccc(CNc3cc(F)cc(F)c3)c2)sc(C(=O)O)c1OCC(=O)O. The molecule has 156 valence electrons. The Kier molecular flexibility index (Phi) is 6.31. The van der Waals surface area contributed by atoms with E-state index < -0.39 is 30.2 Å². The monoisotopic (exact) mass is 433 g/mol. The molecule has 0 unspecified atom stereocenters. The number of hydrogen-bond donors (Lipinski definition) is 3.